The molecule has 2 heterocycles. The first-order valence-electron chi connectivity index (χ1n) is 7.29. The van der Waals surface area contributed by atoms with Crippen molar-refractivity contribution in [2.45, 2.75) is 12.8 Å². The highest BCUT2D eigenvalue weighted by molar-refractivity contribution is 6.43. The van der Waals surface area contributed by atoms with Gasteiger partial charge in [-0.05, 0) is 30.1 Å². The molecule has 3 aliphatic rings. The number of allylic oxidation sites excluding steroid dienone is 4. The second-order valence-electron chi connectivity index (χ2n) is 5.56. The van der Waals surface area contributed by atoms with Crippen molar-refractivity contribution >= 4 is 17.5 Å². The van der Waals surface area contributed by atoms with Gasteiger partial charge in [-0.15, -0.1) is 0 Å². The van der Waals surface area contributed by atoms with Crippen molar-refractivity contribution in [1.82, 2.24) is 0 Å². The maximum Gasteiger partial charge on any atom is 0.350 e. The number of hydrogen-bond acceptors (Lipinski definition) is 3. The molecular weight excluding hydrogens is 276 g/mol. The van der Waals surface area contributed by atoms with Gasteiger partial charge in [-0.2, -0.15) is 0 Å². The number of nitrogens with zero attached hydrogens (tertiary/aromatic N) is 2. The van der Waals surface area contributed by atoms with Crippen LogP contribution in [0.4, 0.5) is 0 Å². The Labute approximate surface area is 127 Å². The first-order chi connectivity index (χ1) is 10.7. The molecule has 1 aliphatic carbocycles. The Hall–Kier alpha value is -2.75. The number of carbonyl (C=O) groups is 1. The predicted molar refractivity (Wildman–Crippen MR) is 85.0 cm³/mol. The highest BCUT2D eigenvalue weighted by Crippen LogP contribution is 2.40. The molecule has 1 aromatic carbocycles. The van der Waals surface area contributed by atoms with Crippen LogP contribution >= 0.6 is 0 Å². The van der Waals surface area contributed by atoms with E-state index in [0.717, 1.165) is 28.8 Å². The van der Waals surface area contributed by atoms with Gasteiger partial charge in [0.15, 0.2) is 5.84 Å². The summed E-state index contributed by atoms with van der Waals surface area (Å²) < 4.78 is 0. The van der Waals surface area contributed by atoms with Gasteiger partial charge in [-0.3, -0.25) is 0 Å². The van der Waals surface area contributed by atoms with Crippen molar-refractivity contribution < 1.29 is 9.90 Å². The van der Waals surface area contributed by atoms with Gasteiger partial charge in [-0.25, -0.2) is 14.8 Å². The average molecular weight is 290 g/mol. The third kappa shape index (κ3) is 1.96. The van der Waals surface area contributed by atoms with E-state index in [4.69, 9.17) is 0 Å². The minimum atomic E-state index is -0.956. The fourth-order valence-electron chi connectivity index (χ4n) is 3.24. The van der Waals surface area contributed by atoms with Crippen molar-refractivity contribution in [3.05, 3.63) is 71.0 Å². The number of amidine groups is 1. The van der Waals surface area contributed by atoms with Gasteiger partial charge in [0.2, 0.25) is 0 Å². The third-order valence-electron chi connectivity index (χ3n) is 4.22. The Kier molecular flexibility index (Phi) is 2.89. The first kappa shape index (κ1) is 13.0. The summed E-state index contributed by atoms with van der Waals surface area (Å²) in [6, 6.07) is 9.94. The van der Waals surface area contributed by atoms with E-state index in [1.807, 2.05) is 42.5 Å². The smallest absolute Gasteiger partial charge is 0.350 e. The van der Waals surface area contributed by atoms with E-state index in [0.29, 0.717) is 12.3 Å². The topological polar surface area (TPSA) is 62.0 Å². The lowest BCUT2D eigenvalue weighted by atomic mass is 9.85. The molecule has 0 saturated heterocycles. The molecule has 0 fully saturated rings. The molecule has 0 amide bonds. The number of carboxylic acids is 1. The number of rotatable bonds is 3. The standard InChI is InChI=1S/C18H14N2O2/c21-18(22)16-13(10-11-6-2-1-3-7-11)15-12-8-4-5-9-14(12)19-17(15)20-16/h1-7,9,13H,8,10H2,(H,21,22). The fourth-order valence-corrected chi connectivity index (χ4v) is 3.24. The summed E-state index contributed by atoms with van der Waals surface area (Å²) in [4.78, 5) is 20.3. The molecule has 1 N–H and O–H groups in total. The lowest BCUT2D eigenvalue weighted by molar-refractivity contribution is -0.129. The van der Waals surface area contributed by atoms with Crippen LogP contribution in [0.25, 0.3) is 0 Å². The van der Waals surface area contributed by atoms with Crippen LogP contribution in [0.1, 0.15) is 12.0 Å². The van der Waals surface area contributed by atoms with Crippen LogP contribution in [0.2, 0.25) is 0 Å². The number of fused-ring (bicyclic) bond motifs is 2. The molecule has 0 saturated carbocycles. The predicted octanol–water partition coefficient (Wildman–Crippen LogP) is 2.94. The SMILES string of the molecule is O=C(O)C1=NC2=NC3=CC=CCC3=C2C1Cc1ccccc1. The zero-order chi connectivity index (χ0) is 15.1. The van der Waals surface area contributed by atoms with Gasteiger partial charge in [0, 0.05) is 11.5 Å². The molecule has 1 aromatic rings. The summed E-state index contributed by atoms with van der Waals surface area (Å²) in [5, 5.41) is 9.48. The molecule has 2 aliphatic heterocycles. The monoisotopic (exact) mass is 290 g/mol. The van der Waals surface area contributed by atoms with E-state index < -0.39 is 5.97 Å². The normalized spacial score (nSPS) is 22.0. The van der Waals surface area contributed by atoms with Crippen LogP contribution in [-0.2, 0) is 11.2 Å². The van der Waals surface area contributed by atoms with Crippen LogP contribution < -0.4 is 0 Å². The molecule has 22 heavy (non-hydrogen) atoms. The molecular formula is C18H14N2O2. The van der Waals surface area contributed by atoms with Gasteiger partial charge in [0.25, 0.3) is 0 Å². The number of aliphatic carboxylic acids is 1. The molecule has 0 bridgehead atoms. The second-order valence-corrected chi connectivity index (χ2v) is 5.56. The van der Waals surface area contributed by atoms with Crippen molar-refractivity contribution in [2.75, 3.05) is 0 Å². The molecule has 0 radical (unpaired) electrons. The Morgan fingerprint density at radius 1 is 1.23 bits per heavy atom. The zero-order valence-corrected chi connectivity index (χ0v) is 11.9. The molecule has 0 spiro atoms. The molecule has 108 valence electrons. The summed E-state index contributed by atoms with van der Waals surface area (Å²) in [7, 11) is 0. The van der Waals surface area contributed by atoms with E-state index in [-0.39, 0.29) is 11.6 Å². The lowest BCUT2D eigenvalue weighted by Gasteiger charge is -2.15. The van der Waals surface area contributed by atoms with Crippen molar-refractivity contribution in [2.24, 2.45) is 15.9 Å². The Morgan fingerprint density at radius 2 is 2.05 bits per heavy atom. The maximum absolute atomic E-state index is 11.6. The highest BCUT2D eigenvalue weighted by atomic mass is 16.4. The summed E-state index contributed by atoms with van der Waals surface area (Å²) in [6.45, 7) is 0. The second kappa shape index (κ2) is 4.91. The van der Waals surface area contributed by atoms with E-state index in [1.54, 1.807) is 0 Å². The van der Waals surface area contributed by atoms with Gasteiger partial charge >= 0.3 is 5.97 Å². The molecule has 1 atom stereocenters. The molecule has 1 unspecified atom stereocenters. The van der Waals surface area contributed by atoms with Crippen LogP contribution in [-0.4, -0.2) is 22.6 Å². The zero-order valence-electron chi connectivity index (χ0n) is 11.9. The van der Waals surface area contributed by atoms with E-state index >= 15 is 0 Å². The van der Waals surface area contributed by atoms with Gasteiger partial charge in [0.05, 0.1) is 5.70 Å². The highest BCUT2D eigenvalue weighted by Gasteiger charge is 2.40. The number of benzene rings is 1. The Bertz CT molecular complexity index is 811. The van der Waals surface area contributed by atoms with Crippen molar-refractivity contribution in [1.29, 1.82) is 0 Å². The Balaban J connectivity index is 1.79. The third-order valence-corrected chi connectivity index (χ3v) is 4.22. The summed E-state index contributed by atoms with van der Waals surface area (Å²) in [5.41, 5.74) is 4.37. The van der Waals surface area contributed by atoms with Gasteiger partial charge in [-0.1, -0.05) is 42.5 Å². The van der Waals surface area contributed by atoms with Crippen LogP contribution in [0.5, 0.6) is 0 Å². The number of carboxylic acid groups (broad SMARTS) is 1. The van der Waals surface area contributed by atoms with E-state index in [2.05, 4.69) is 16.1 Å². The number of aliphatic imine (C=N–C) groups is 2. The first-order valence-corrected chi connectivity index (χ1v) is 7.29. The largest absolute Gasteiger partial charge is 0.477 e. The summed E-state index contributed by atoms with van der Waals surface area (Å²) >= 11 is 0. The lowest BCUT2D eigenvalue weighted by Crippen LogP contribution is -2.23. The minimum Gasteiger partial charge on any atom is -0.477 e. The van der Waals surface area contributed by atoms with E-state index in [9.17, 15) is 9.90 Å². The molecule has 4 heteroatoms. The summed E-state index contributed by atoms with van der Waals surface area (Å²) in [5.74, 6) is -0.586. The van der Waals surface area contributed by atoms with Crippen LogP contribution in [0, 0.1) is 5.92 Å². The quantitative estimate of drug-likeness (QED) is 0.930. The van der Waals surface area contributed by atoms with E-state index in [1.165, 1.54) is 0 Å². The Morgan fingerprint density at radius 3 is 2.82 bits per heavy atom. The maximum atomic E-state index is 11.6. The molecule has 0 aromatic heterocycles. The van der Waals surface area contributed by atoms with Crippen molar-refractivity contribution in [3.63, 3.8) is 0 Å². The minimum absolute atomic E-state index is 0.207. The van der Waals surface area contributed by atoms with Gasteiger partial charge < -0.3 is 5.11 Å². The molecule has 4 rings (SSSR count). The average Bonchev–Trinajstić information content (AvgIpc) is 3.05. The number of hydrogen-bond donors (Lipinski definition) is 1. The molecule has 4 nitrogen and oxygen atoms in total. The van der Waals surface area contributed by atoms with Crippen LogP contribution in [0.3, 0.4) is 0 Å². The van der Waals surface area contributed by atoms with Crippen molar-refractivity contribution in [3.8, 4) is 0 Å². The van der Waals surface area contributed by atoms with Gasteiger partial charge in [0.1, 0.15) is 5.71 Å². The fraction of sp³-hybridized carbons (Fsp3) is 0.167. The van der Waals surface area contributed by atoms with Crippen LogP contribution in [0.15, 0.2) is 75.4 Å². The summed E-state index contributed by atoms with van der Waals surface area (Å²) in [6.07, 6.45) is 7.45.